The number of sulfonamides is 1. The van der Waals surface area contributed by atoms with Crippen molar-refractivity contribution in [3.63, 3.8) is 0 Å². The Hall–Kier alpha value is -2.08. The summed E-state index contributed by atoms with van der Waals surface area (Å²) in [7, 11) is -3.71. The number of anilines is 2. The molecule has 0 aliphatic rings. The van der Waals surface area contributed by atoms with E-state index in [2.05, 4.69) is 23.6 Å². The molecule has 2 aromatic rings. The van der Waals surface area contributed by atoms with Crippen molar-refractivity contribution in [2.24, 2.45) is 0 Å². The second-order valence-electron chi connectivity index (χ2n) is 4.80. The van der Waals surface area contributed by atoms with Crippen molar-refractivity contribution in [2.75, 3.05) is 10.5 Å². The molecule has 0 radical (unpaired) electrons. The first kappa shape index (κ1) is 14.3. The number of nitrogens with two attached hydrogens (primary N) is 1. The van der Waals surface area contributed by atoms with Gasteiger partial charge < -0.3 is 5.73 Å². The van der Waals surface area contributed by atoms with E-state index in [4.69, 9.17) is 5.73 Å². The van der Waals surface area contributed by atoms with Crippen molar-refractivity contribution in [3.05, 3.63) is 48.3 Å². The summed E-state index contributed by atoms with van der Waals surface area (Å²) >= 11 is 0. The van der Waals surface area contributed by atoms with E-state index in [1.54, 1.807) is 12.1 Å². The summed E-state index contributed by atoms with van der Waals surface area (Å²) in [5.74, 6) is 0.398. The Bertz CT molecular complexity index is 695. The number of nitrogen functional groups attached to an aromatic ring is 1. The van der Waals surface area contributed by atoms with Crippen LogP contribution in [0.2, 0.25) is 0 Å². The van der Waals surface area contributed by atoms with Crippen molar-refractivity contribution >= 4 is 21.4 Å². The maximum absolute atomic E-state index is 12.2. The van der Waals surface area contributed by atoms with Crippen LogP contribution in [-0.4, -0.2) is 13.4 Å². The summed E-state index contributed by atoms with van der Waals surface area (Å²) < 4.78 is 26.9. The van der Waals surface area contributed by atoms with Gasteiger partial charge in [0.1, 0.15) is 4.90 Å². The van der Waals surface area contributed by atoms with E-state index in [0.717, 1.165) is 5.56 Å². The molecule has 1 aromatic heterocycles. The molecule has 0 spiro atoms. The van der Waals surface area contributed by atoms with Crippen molar-refractivity contribution in [1.82, 2.24) is 4.98 Å². The van der Waals surface area contributed by atoms with Gasteiger partial charge in [-0.25, -0.2) is 8.42 Å². The average Bonchev–Trinajstić information content (AvgIpc) is 2.39. The van der Waals surface area contributed by atoms with E-state index < -0.39 is 10.0 Å². The van der Waals surface area contributed by atoms with Gasteiger partial charge in [-0.1, -0.05) is 26.0 Å². The minimum Gasteiger partial charge on any atom is -0.398 e. The Morgan fingerprint density at radius 1 is 1.15 bits per heavy atom. The third-order valence-electron chi connectivity index (χ3n) is 2.94. The minimum absolute atomic E-state index is 0.0204. The molecule has 0 amide bonds. The van der Waals surface area contributed by atoms with Crippen LogP contribution in [0, 0.1) is 0 Å². The van der Waals surface area contributed by atoms with Crippen LogP contribution in [0.4, 0.5) is 11.4 Å². The fraction of sp³-hybridized carbons (Fsp3) is 0.214. The third-order valence-corrected chi connectivity index (χ3v) is 4.36. The van der Waals surface area contributed by atoms with Gasteiger partial charge in [0.15, 0.2) is 0 Å². The molecular formula is C14H17N3O2S. The maximum atomic E-state index is 12.2. The molecule has 6 heteroatoms. The molecule has 5 nitrogen and oxygen atoms in total. The molecule has 106 valence electrons. The van der Waals surface area contributed by atoms with Crippen LogP contribution in [0.15, 0.2) is 47.6 Å². The van der Waals surface area contributed by atoms with Crippen LogP contribution in [0.3, 0.4) is 0 Å². The summed E-state index contributed by atoms with van der Waals surface area (Å²) in [6.07, 6.45) is 2.69. The van der Waals surface area contributed by atoms with E-state index in [1.165, 1.54) is 18.5 Å². The maximum Gasteiger partial charge on any atom is 0.265 e. The van der Waals surface area contributed by atoms with E-state index in [0.29, 0.717) is 11.6 Å². The Morgan fingerprint density at radius 2 is 1.80 bits per heavy atom. The molecule has 3 N–H and O–H groups in total. The first-order chi connectivity index (χ1) is 9.40. The molecular weight excluding hydrogens is 274 g/mol. The van der Waals surface area contributed by atoms with Crippen molar-refractivity contribution in [2.45, 2.75) is 24.7 Å². The fourth-order valence-electron chi connectivity index (χ4n) is 1.76. The van der Waals surface area contributed by atoms with Crippen molar-refractivity contribution in [3.8, 4) is 0 Å². The largest absolute Gasteiger partial charge is 0.398 e. The van der Waals surface area contributed by atoms with Gasteiger partial charge in [-0.3, -0.25) is 9.71 Å². The lowest BCUT2D eigenvalue weighted by atomic mass is 10.0. The number of nitrogens with zero attached hydrogens (tertiary/aromatic N) is 1. The SMILES string of the molecule is CC(C)c1ccc(NS(=O)(=O)c2cnccc2N)cc1. The second kappa shape index (κ2) is 5.50. The number of hydrogen-bond donors (Lipinski definition) is 2. The van der Waals surface area contributed by atoms with E-state index in [-0.39, 0.29) is 10.6 Å². The molecule has 0 saturated carbocycles. The standard InChI is InChI=1S/C14H17N3O2S/c1-10(2)11-3-5-12(6-4-11)17-20(18,19)14-9-16-8-7-13(14)15/h3-10,17H,1-2H3,(H2,15,16). The minimum atomic E-state index is -3.71. The second-order valence-corrected chi connectivity index (χ2v) is 6.45. The van der Waals surface area contributed by atoms with Gasteiger partial charge >= 0.3 is 0 Å². The highest BCUT2D eigenvalue weighted by Crippen LogP contribution is 2.22. The zero-order valence-corrected chi connectivity index (χ0v) is 12.2. The van der Waals surface area contributed by atoms with Crippen LogP contribution >= 0.6 is 0 Å². The molecule has 2 rings (SSSR count). The lowest BCUT2D eigenvalue weighted by Crippen LogP contribution is -2.15. The normalized spacial score (nSPS) is 11.6. The molecule has 0 unspecified atom stereocenters. The van der Waals surface area contributed by atoms with Crippen LogP contribution < -0.4 is 10.5 Å². The number of aromatic nitrogens is 1. The van der Waals surface area contributed by atoms with Crippen LogP contribution in [0.1, 0.15) is 25.3 Å². The summed E-state index contributed by atoms with van der Waals surface area (Å²) in [5, 5.41) is 0. The smallest absolute Gasteiger partial charge is 0.265 e. The Kier molecular flexibility index (Phi) is 3.94. The highest BCUT2D eigenvalue weighted by molar-refractivity contribution is 7.92. The predicted octanol–water partition coefficient (Wildman–Crippen LogP) is 2.59. The quantitative estimate of drug-likeness (QED) is 0.906. The highest BCUT2D eigenvalue weighted by Gasteiger charge is 2.17. The average molecular weight is 291 g/mol. The summed E-state index contributed by atoms with van der Waals surface area (Å²) in [6.45, 7) is 4.16. The van der Waals surface area contributed by atoms with E-state index in [1.807, 2.05) is 12.1 Å². The number of nitrogens with one attached hydrogen (secondary N) is 1. The molecule has 0 aliphatic heterocycles. The van der Waals surface area contributed by atoms with Gasteiger partial charge in [-0.15, -0.1) is 0 Å². The number of rotatable bonds is 4. The summed E-state index contributed by atoms with van der Waals surface area (Å²) in [5.41, 5.74) is 7.48. The number of pyridine rings is 1. The highest BCUT2D eigenvalue weighted by atomic mass is 32.2. The van der Waals surface area contributed by atoms with Crippen LogP contribution in [0.25, 0.3) is 0 Å². The van der Waals surface area contributed by atoms with Crippen molar-refractivity contribution in [1.29, 1.82) is 0 Å². The first-order valence-corrected chi connectivity index (χ1v) is 7.71. The van der Waals surface area contributed by atoms with Crippen LogP contribution in [-0.2, 0) is 10.0 Å². The molecule has 0 saturated heterocycles. The predicted molar refractivity (Wildman–Crippen MR) is 80.0 cm³/mol. The third kappa shape index (κ3) is 3.08. The molecule has 1 heterocycles. The van der Waals surface area contributed by atoms with Gasteiger partial charge in [0.2, 0.25) is 0 Å². The summed E-state index contributed by atoms with van der Waals surface area (Å²) in [6, 6.07) is 8.72. The van der Waals surface area contributed by atoms with Crippen LogP contribution in [0.5, 0.6) is 0 Å². The lowest BCUT2D eigenvalue weighted by Gasteiger charge is -2.11. The molecule has 0 bridgehead atoms. The fourth-order valence-corrected chi connectivity index (χ4v) is 2.90. The monoisotopic (exact) mass is 291 g/mol. The molecule has 20 heavy (non-hydrogen) atoms. The molecule has 0 atom stereocenters. The van der Waals surface area contributed by atoms with Gasteiger partial charge in [-0.05, 0) is 29.7 Å². The molecule has 0 aliphatic carbocycles. The Labute approximate surface area is 118 Å². The molecule has 0 fully saturated rings. The Balaban J connectivity index is 2.27. The first-order valence-electron chi connectivity index (χ1n) is 6.22. The van der Waals surface area contributed by atoms with Gasteiger partial charge in [-0.2, -0.15) is 0 Å². The molecule has 1 aromatic carbocycles. The van der Waals surface area contributed by atoms with Crippen molar-refractivity contribution < 1.29 is 8.42 Å². The van der Waals surface area contributed by atoms with E-state index in [9.17, 15) is 8.42 Å². The Morgan fingerprint density at radius 3 is 2.35 bits per heavy atom. The number of benzene rings is 1. The summed E-state index contributed by atoms with van der Waals surface area (Å²) in [4.78, 5) is 3.77. The zero-order chi connectivity index (χ0) is 14.8. The zero-order valence-electron chi connectivity index (χ0n) is 11.4. The van der Waals surface area contributed by atoms with Gasteiger partial charge in [0.05, 0.1) is 5.69 Å². The van der Waals surface area contributed by atoms with Gasteiger partial charge in [0, 0.05) is 18.1 Å². The number of hydrogen-bond acceptors (Lipinski definition) is 4. The van der Waals surface area contributed by atoms with E-state index >= 15 is 0 Å². The van der Waals surface area contributed by atoms with Gasteiger partial charge in [0.25, 0.3) is 10.0 Å². The lowest BCUT2D eigenvalue weighted by molar-refractivity contribution is 0.601. The topological polar surface area (TPSA) is 85.1 Å².